The molecule has 9 aromatic rings. The molecule has 0 aliphatic carbocycles. The van der Waals surface area contributed by atoms with E-state index >= 15 is 0 Å². The number of benzene rings is 6. The van der Waals surface area contributed by atoms with Crippen molar-refractivity contribution in [2.45, 2.75) is 6.17 Å². The summed E-state index contributed by atoms with van der Waals surface area (Å²) < 4.78 is 4.66. The first-order valence-corrected chi connectivity index (χ1v) is 16.8. The van der Waals surface area contributed by atoms with Gasteiger partial charge in [0.15, 0.2) is 11.7 Å². The smallest absolute Gasteiger partial charge is 0.159 e. The van der Waals surface area contributed by atoms with Crippen LogP contribution in [0.3, 0.4) is 0 Å². The van der Waals surface area contributed by atoms with E-state index in [0.717, 1.165) is 39.4 Å². The summed E-state index contributed by atoms with van der Waals surface area (Å²) in [5, 5.41) is 8.45. The second-order valence-corrected chi connectivity index (χ2v) is 12.5. The Morgan fingerprint density at radius 3 is 1.76 bits per heavy atom. The molecule has 0 radical (unpaired) electrons. The Bertz CT molecular complexity index is 2780. The van der Waals surface area contributed by atoms with E-state index in [1.807, 2.05) is 54.6 Å². The third kappa shape index (κ3) is 4.46. The van der Waals surface area contributed by atoms with E-state index in [0.29, 0.717) is 11.7 Å². The van der Waals surface area contributed by atoms with E-state index in [1.165, 1.54) is 32.6 Å². The molecule has 0 spiro atoms. The second kappa shape index (κ2) is 11.4. The first-order valence-electron chi connectivity index (χ1n) is 16.8. The van der Waals surface area contributed by atoms with Crippen LogP contribution in [0.15, 0.2) is 180 Å². The minimum Gasteiger partial charge on any atom is -0.343 e. The lowest BCUT2D eigenvalue weighted by molar-refractivity contribution is 0.672. The average Bonchev–Trinajstić information content (AvgIpc) is 3.72. The molecule has 6 aromatic carbocycles. The molecule has 1 N–H and O–H groups in total. The third-order valence-electron chi connectivity index (χ3n) is 9.58. The fourth-order valence-corrected chi connectivity index (χ4v) is 7.40. The number of nitrogens with one attached hydrogen (secondary N) is 1. The highest BCUT2D eigenvalue weighted by Crippen LogP contribution is 2.42. The van der Waals surface area contributed by atoms with Gasteiger partial charge in [-0.2, -0.15) is 0 Å². The first kappa shape index (κ1) is 28.2. The molecule has 50 heavy (non-hydrogen) atoms. The number of para-hydroxylation sites is 3. The summed E-state index contributed by atoms with van der Waals surface area (Å²) >= 11 is 0. The van der Waals surface area contributed by atoms with Crippen molar-refractivity contribution >= 4 is 55.3 Å². The van der Waals surface area contributed by atoms with E-state index in [2.05, 4.69) is 130 Å². The molecule has 6 heteroatoms. The molecular weight excluding hydrogens is 613 g/mol. The number of amidine groups is 2. The molecule has 0 fully saturated rings. The molecule has 0 saturated carbocycles. The Kier molecular flexibility index (Phi) is 6.45. The molecule has 1 aliphatic heterocycles. The standard InChI is InChI=1S/C44H30N6/c1-4-15-29(16-5-1)42-46-43(30-17-6-2-7-18-30)48-44(47-42)34-23-14-26-39(45-34)50-36-25-13-11-22-33(36)41-38(50)28-27-37-40(41)32-21-10-12-24-35(32)49(37)31-19-8-3-9-20-31/h1-28,42H,(H,46,47,48). The molecule has 6 nitrogen and oxygen atoms in total. The van der Waals surface area contributed by atoms with Crippen molar-refractivity contribution in [3.05, 3.63) is 187 Å². The van der Waals surface area contributed by atoms with Crippen LogP contribution in [0.5, 0.6) is 0 Å². The lowest BCUT2D eigenvalue weighted by Crippen LogP contribution is -2.34. The SMILES string of the molecule is c1ccc(C2=NC(c3ccccc3)NC(c3cccc(-n4c5ccccc5c5c6c7ccccc7n(-c7ccccc7)c6ccc54)n3)=N2)cc1. The largest absolute Gasteiger partial charge is 0.343 e. The van der Waals surface area contributed by atoms with E-state index in [-0.39, 0.29) is 6.17 Å². The highest BCUT2D eigenvalue weighted by Gasteiger charge is 2.24. The third-order valence-corrected chi connectivity index (χ3v) is 9.58. The average molecular weight is 643 g/mol. The quantitative estimate of drug-likeness (QED) is 0.203. The van der Waals surface area contributed by atoms with Crippen LogP contribution in [0.4, 0.5) is 0 Å². The predicted octanol–water partition coefficient (Wildman–Crippen LogP) is 9.77. The van der Waals surface area contributed by atoms with Gasteiger partial charge in [0.2, 0.25) is 0 Å². The Morgan fingerprint density at radius 1 is 0.480 bits per heavy atom. The van der Waals surface area contributed by atoms with Gasteiger partial charge in [-0.25, -0.2) is 15.0 Å². The summed E-state index contributed by atoms with van der Waals surface area (Å²) in [4.78, 5) is 15.3. The fraction of sp³-hybridized carbons (Fsp3) is 0.0227. The van der Waals surface area contributed by atoms with Crippen LogP contribution >= 0.6 is 0 Å². The zero-order valence-electron chi connectivity index (χ0n) is 27.0. The van der Waals surface area contributed by atoms with Crippen LogP contribution in [0.25, 0.3) is 55.1 Å². The van der Waals surface area contributed by atoms with Crippen LogP contribution < -0.4 is 5.32 Å². The molecule has 0 amide bonds. The zero-order chi connectivity index (χ0) is 33.0. The molecule has 4 heterocycles. The highest BCUT2D eigenvalue weighted by molar-refractivity contribution is 6.28. The van der Waals surface area contributed by atoms with Crippen molar-refractivity contribution in [2.75, 3.05) is 0 Å². The minimum absolute atomic E-state index is 0.298. The Labute approximate surface area is 288 Å². The Morgan fingerprint density at radius 2 is 1.06 bits per heavy atom. The number of rotatable bonds is 5. The summed E-state index contributed by atoms with van der Waals surface area (Å²) in [5.41, 5.74) is 8.48. The molecule has 3 aromatic heterocycles. The second-order valence-electron chi connectivity index (χ2n) is 12.5. The van der Waals surface area contributed by atoms with Gasteiger partial charge in [-0.1, -0.05) is 121 Å². The zero-order valence-corrected chi connectivity index (χ0v) is 27.0. The summed E-state index contributed by atoms with van der Waals surface area (Å²) in [6.45, 7) is 0. The number of fused-ring (bicyclic) bond motifs is 7. The number of aromatic nitrogens is 3. The summed E-state index contributed by atoms with van der Waals surface area (Å²) in [6, 6.07) is 59.0. The van der Waals surface area contributed by atoms with Crippen LogP contribution in [0.1, 0.15) is 23.0 Å². The van der Waals surface area contributed by atoms with Gasteiger partial charge in [-0.3, -0.25) is 4.57 Å². The van der Waals surface area contributed by atoms with E-state index in [9.17, 15) is 0 Å². The van der Waals surface area contributed by atoms with Gasteiger partial charge in [-0.05, 0) is 54.1 Å². The number of aliphatic imine (C=N–C) groups is 2. The maximum Gasteiger partial charge on any atom is 0.159 e. The normalized spacial score (nSPS) is 14.6. The van der Waals surface area contributed by atoms with Crippen molar-refractivity contribution in [3.63, 3.8) is 0 Å². The highest BCUT2D eigenvalue weighted by atomic mass is 15.2. The molecule has 236 valence electrons. The van der Waals surface area contributed by atoms with Gasteiger partial charge < -0.3 is 9.88 Å². The lowest BCUT2D eigenvalue weighted by atomic mass is 10.1. The summed E-state index contributed by atoms with van der Waals surface area (Å²) in [6.07, 6.45) is -0.298. The molecular formula is C44H30N6. The van der Waals surface area contributed by atoms with Gasteiger partial charge in [0, 0.05) is 32.8 Å². The van der Waals surface area contributed by atoms with Gasteiger partial charge in [0.05, 0.1) is 22.1 Å². The molecule has 1 aliphatic rings. The maximum atomic E-state index is 5.30. The Hall–Kier alpha value is -6.79. The first-order chi connectivity index (χ1) is 24.8. The monoisotopic (exact) mass is 642 g/mol. The summed E-state index contributed by atoms with van der Waals surface area (Å²) in [7, 11) is 0. The Balaban J connectivity index is 1.18. The number of nitrogens with zero attached hydrogens (tertiary/aromatic N) is 5. The van der Waals surface area contributed by atoms with Crippen molar-refractivity contribution < 1.29 is 0 Å². The van der Waals surface area contributed by atoms with Gasteiger partial charge in [-0.15, -0.1) is 0 Å². The van der Waals surface area contributed by atoms with E-state index in [1.54, 1.807) is 0 Å². The van der Waals surface area contributed by atoms with Crippen molar-refractivity contribution in [1.82, 2.24) is 19.4 Å². The van der Waals surface area contributed by atoms with Crippen molar-refractivity contribution in [3.8, 4) is 11.5 Å². The molecule has 1 atom stereocenters. The van der Waals surface area contributed by atoms with Crippen molar-refractivity contribution in [2.24, 2.45) is 9.98 Å². The van der Waals surface area contributed by atoms with Crippen LogP contribution in [-0.4, -0.2) is 25.8 Å². The van der Waals surface area contributed by atoms with E-state index < -0.39 is 0 Å². The van der Waals surface area contributed by atoms with Crippen molar-refractivity contribution in [1.29, 1.82) is 0 Å². The summed E-state index contributed by atoms with van der Waals surface area (Å²) in [5.74, 6) is 2.18. The van der Waals surface area contributed by atoms with Crippen LogP contribution in [0, 0.1) is 0 Å². The molecule has 10 rings (SSSR count). The van der Waals surface area contributed by atoms with Gasteiger partial charge in [0.25, 0.3) is 0 Å². The number of hydrogen-bond donors (Lipinski definition) is 1. The minimum atomic E-state index is -0.298. The van der Waals surface area contributed by atoms with Gasteiger partial charge in [0.1, 0.15) is 17.7 Å². The molecule has 0 saturated heterocycles. The van der Waals surface area contributed by atoms with Gasteiger partial charge >= 0.3 is 0 Å². The number of hydrogen-bond acceptors (Lipinski definition) is 4. The topological polar surface area (TPSA) is 59.5 Å². The molecule has 0 bridgehead atoms. The lowest BCUT2D eigenvalue weighted by Gasteiger charge is -2.23. The van der Waals surface area contributed by atoms with E-state index in [4.69, 9.17) is 15.0 Å². The van der Waals surface area contributed by atoms with Crippen LogP contribution in [-0.2, 0) is 0 Å². The maximum absolute atomic E-state index is 5.30. The fourth-order valence-electron chi connectivity index (χ4n) is 7.40. The predicted molar refractivity (Wildman–Crippen MR) is 205 cm³/mol. The van der Waals surface area contributed by atoms with Crippen LogP contribution in [0.2, 0.25) is 0 Å². The molecule has 1 unspecified atom stereocenters. The number of pyridine rings is 1.